The number of carbonyl (C=O) groups excluding carboxylic acids is 1. The Labute approximate surface area is 174 Å². The van der Waals surface area contributed by atoms with Crippen LogP contribution < -0.4 is 10.1 Å². The Morgan fingerprint density at radius 2 is 2.07 bits per heavy atom. The van der Waals surface area contributed by atoms with E-state index in [1.54, 1.807) is 36.4 Å². The highest BCUT2D eigenvalue weighted by Gasteiger charge is 2.12. The normalized spacial score (nSPS) is 10.8. The Morgan fingerprint density at radius 1 is 1.33 bits per heavy atom. The van der Waals surface area contributed by atoms with Crippen molar-refractivity contribution in [3.05, 3.63) is 61.7 Å². The maximum atomic E-state index is 12.4. The van der Waals surface area contributed by atoms with E-state index in [-0.39, 0.29) is 5.57 Å². The van der Waals surface area contributed by atoms with Crippen molar-refractivity contribution in [1.29, 1.82) is 5.26 Å². The maximum Gasteiger partial charge on any atom is 0.341 e. The van der Waals surface area contributed by atoms with Gasteiger partial charge in [-0.25, -0.2) is 4.79 Å². The summed E-state index contributed by atoms with van der Waals surface area (Å²) >= 11 is 7.93. The summed E-state index contributed by atoms with van der Waals surface area (Å²) in [6, 6.07) is 11.9. The fourth-order valence-electron chi connectivity index (χ4n) is 2.10. The number of nitrogens with zero attached hydrogens (tertiary/aromatic N) is 1. The molecule has 0 aliphatic rings. The number of aliphatic carboxylic acids is 1. The molecule has 6 nitrogen and oxygen atoms in total. The fourth-order valence-corrected chi connectivity index (χ4v) is 2.96. The lowest BCUT2D eigenvalue weighted by Crippen LogP contribution is -2.14. The van der Waals surface area contributed by atoms with Gasteiger partial charge >= 0.3 is 5.97 Å². The monoisotopic (exact) mass is 496 g/mol. The molecule has 0 heterocycles. The van der Waals surface area contributed by atoms with E-state index >= 15 is 0 Å². The minimum absolute atomic E-state index is 0.0793. The van der Waals surface area contributed by atoms with Crippen molar-refractivity contribution in [2.24, 2.45) is 0 Å². The molecular weight excluding hydrogens is 483 g/mol. The largest absolute Gasteiger partial charge is 0.481 e. The zero-order valence-electron chi connectivity index (χ0n) is 14.1. The zero-order chi connectivity index (χ0) is 20.0. The van der Waals surface area contributed by atoms with Crippen LogP contribution in [0.4, 0.5) is 5.69 Å². The average Bonchev–Trinajstić information content (AvgIpc) is 2.61. The number of nitrogens with one attached hydrogen (secondary N) is 1. The molecule has 2 aromatic rings. The van der Waals surface area contributed by atoms with Crippen LogP contribution in [0.1, 0.15) is 11.1 Å². The second-order valence-corrected chi connectivity index (χ2v) is 7.05. The van der Waals surface area contributed by atoms with Crippen LogP contribution in [0.2, 0.25) is 5.02 Å². The smallest absolute Gasteiger partial charge is 0.341 e. The molecule has 0 bridgehead atoms. The van der Waals surface area contributed by atoms with Crippen LogP contribution in [0.5, 0.6) is 5.75 Å². The molecule has 1 amide bonds. The van der Waals surface area contributed by atoms with Crippen molar-refractivity contribution < 1.29 is 19.4 Å². The Bertz CT molecular complexity index is 967. The summed E-state index contributed by atoms with van der Waals surface area (Å²) in [5.74, 6) is -1.22. The summed E-state index contributed by atoms with van der Waals surface area (Å²) in [7, 11) is 0. The number of carbonyl (C=O) groups is 2. The molecule has 0 aliphatic carbocycles. The first kappa shape index (κ1) is 20.7. The summed E-state index contributed by atoms with van der Waals surface area (Å²) in [5.41, 5.74) is 1.88. The van der Waals surface area contributed by atoms with Gasteiger partial charge in [-0.15, -0.1) is 0 Å². The third-order valence-electron chi connectivity index (χ3n) is 3.43. The number of nitriles is 1. The number of amides is 1. The Hall–Kier alpha value is -2.57. The van der Waals surface area contributed by atoms with E-state index in [9.17, 15) is 14.9 Å². The van der Waals surface area contributed by atoms with Gasteiger partial charge in [0.1, 0.15) is 17.4 Å². The number of hydrogen-bond donors (Lipinski definition) is 2. The first-order valence-corrected chi connectivity index (χ1v) is 9.09. The minimum atomic E-state index is -1.07. The number of aryl methyl sites for hydroxylation is 1. The quantitative estimate of drug-likeness (QED) is 0.354. The Morgan fingerprint density at radius 3 is 2.70 bits per heavy atom. The van der Waals surface area contributed by atoms with Crippen LogP contribution in [-0.4, -0.2) is 23.6 Å². The zero-order valence-corrected chi connectivity index (χ0v) is 17.0. The first-order chi connectivity index (χ1) is 12.8. The number of halogens is 2. The third-order valence-corrected chi connectivity index (χ3v) is 4.51. The molecule has 2 N–H and O–H groups in total. The molecule has 0 fully saturated rings. The number of carboxylic acid groups (broad SMARTS) is 1. The van der Waals surface area contributed by atoms with Gasteiger partial charge < -0.3 is 15.2 Å². The van der Waals surface area contributed by atoms with Gasteiger partial charge in [0, 0.05) is 10.7 Å². The molecule has 2 rings (SSSR count). The lowest BCUT2D eigenvalue weighted by atomic mass is 10.1. The number of carboxylic acids is 1. The van der Waals surface area contributed by atoms with E-state index < -0.39 is 18.5 Å². The molecule has 8 heteroatoms. The van der Waals surface area contributed by atoms with E-state index in [0.717, 1.165) is 5.56 Å². The summed E-state index contributed by atoms with van der Waals surface area (Å²) in [5, 5.41) is 21.1. The number of anilines is 1. The SMILES string of the molecule is Cc1ccc(Cl)cc1NC(=O)/C(C#N)=C/c1ccc(OCC(=O)O)c(I)c1. The molecule has 0 saturated heterocycles. The van der Waals surface area contributed by atoms with Crippen molar-refractivity contribution in [2.45, 2.75) is 6.92 Å². The van der Waals surface area contributed by atoms with E-state index in [2.05, 4.69) is 5.32 Å². The number of hydrogen-bond acceptors (Lipinski definition) is 4. The van der Waals surface area contributed by atoms with E-state index in [4.69, 9.17) is 21.4 Å². The predicted molar refractivity (Wildman–Crippen MR) is 111 cm³/mol. The molecule has 0 radical (unpaired) electrons. The number of rotatable bonds is 6. The van der Waals surface area contributed by atoms with Gasteiger partial charge in [-0.2, -0.15) is 5.26 Å². The second kappa shape index (κ2) is 9.39. The molecular formula is C19H14ClIN2O4. The molecule has 0 spiro atoms. The number of ether oxygens (including phenoxy) is 1. The molecule has 0 saturated carbocycles. The lowest BCUT2D eigenvalue weighted by molar-refractivity contribution is -0.139. The van der Waals surface area contributed by atoms with Crippen LogP contribution >= 0.6 is 34.2 Å². The second-order valence-electron chi connectivity index (χ2n) is 5.46. The van der Waals surface area contributed by atoms with Crippen molar-refractivity contribution in [3.63, 3.8) is 0 Å². The summed E-state index contributed by atoms with van der Waals surface area (Å²) < 4.78 is 5.81. The van der Waals surface area contributed by atoms with Gasteiger partial charge in [-0.1, -0.05) is 23.7 Å². The average molecular weight is 497 g/mol. The Kier molecular flexibility index (Phi) is 7.21. The van der Waals surface area contributed by atoms with Crippen LogP contribution in [0.3, 0.4) is 0 Å². The van der Waals surface area contributed by atoms with Gasteiger partial charge in [0.25, 0.3) is 5.91 Å². The summed E-state index contributed by atoms with van der Waals surface area (Å²) in [4.78, 5) is 23.0. The molecule has 27 heavy (non-hydrogen) atoms. The van der Waals surface area contributed by atoms with Crippen LogP contribution in [0.25, 0.3) is 6.08 Å². The first-order valence-electron chi connectivity index (χ1n) is 7.63. The lowest BCUT2D eigenvalue weighted by Gasteiger charge is -2.09. The third kappa shape index (κ3) is 5.98. The van der Waals surface area contributed by atoms with Crippen LogP contribution in [0.15, 0.2) is 42.0 Å². The maximum absolute atomic E-state index is 12.4. The molecule has 138 valence electrons. The van der Waals surface area contributed by atoms with Crippen molar-refractivity contribution >= 4 is 57.8 Å². The molecule has 0 unspecified atom stereocenters. The van der Waals surface area contributed by atoms with Crippen molar-refractivity contribution in [3.8, 4) is 11.8 Å². The molecule has 0 aliphatic heterocycles. The molecule has 0 aromatic heterocycles. The van der Waals surface area contributed by atoms with Crippen molar-refractivity contribution in [1.82, 2.24) is 0 Å². The fraction of sp³-hybridized carbons (Fsp3) is 0.105. The van der Waals surface area contributed by atoms with E-state index in [1.165, 1.54) is 6.08 Å². The molecule has 2 aromatic carbocycles. The summed E-state index contributed by atoms with van der Waals surface area (Å²) in [6.45, 7) is 1.37. The van der Waals surface area contributed by atoms with Gasteiger partial charge in [-0.3, -0.25) is 4.79 Å². The highest BCUT2D eigenvalue weighted by molar-refractivity contribution is 14.1. The van der Waals surface area contributed by atoms with Gasteiger partial charge in [0.2, 0.25) is 0 Å². The predicted octanol–water partition coefficient (Wildman–Crippen LogP) is 4.26. The topological polar surface area (TPSA) is 99.4 Å². The van der Waals surface area contributed by atoms with Gasteiger partial charge in [0.15, 0.2) is 6.61 Å². The minimum Gasteiger partial charge on any atom is -0.481 e. The van der Waals surface area contributed by atoms with Crippen LogP contribution in [-0.2, 0) is 9.59 Å². The number of benzene rings is 2. The summed E-state index contributed by atoms with van der Waals surface area (Å²) in [6.07, 6.45) is 1.44. The van der Waals surface area contributed by atoms with Crippen molar-refractivity contribution in [2.75, 3.05) is 11.9 Å². The highest BCUT2D eigenvalue weighted by atomic mass is 127. The highest BCUT2D eigenvalue weighted by Crippen LogP contribution is 2.24. The Balaban J connectivity index is 2.21. The standard InChI is InChI=1S/C19H14ClIN2O4/c1-11-2-4-14(20)8-16(11)23-19(26)13(9-22)6-12-3-5-17(15(21)7-12)27-10-18(24)25/h2-8H,10H2,1H3,(H,23,26)(H,24,25)/b13-6+. The van der Waals surface area contributed by atoms with Gasteiger partial charge in [0.05, 0.1) is 3.57 Å². The molecule has 0 atom stereocenters. The van der Waals surface area contributed by atoms with Crippen LogP contribution in [0, 0.1) is 21.8 Å². The van der Waals surface area contributed by atoms with E-state index in [0.29, 0.717) is 25.6 Å². The van der Waals surface area contributed by atoms with E-state index in [1.807, 2.05) is 35.6 Å². The van der Waals surface area contributed by atoms with Gasteiger partial charge in [-0.05, 0) is 71.0 Å².